The van der Waals surface area contributed by atoms with Crippen LogP contribution in [0.3, 0.4) is 0 Å². The molecule has 0 spiro atoms. The normalized spacial score (nSPS) is 12.7. The van der Waals surface area contributed by atoms with E-state index in [9.17, 15) is 0 Å². The number of thiophene rings is 1. The van der Waals surface area contributed by atoms with Crippen molar-refractivity contribution in [2.45, 2.75) is 12.5 Å². The van der Waals surface area contributed by atoms with Crippen molar-refractivity contribution >= 4 is 43.2 Å². The summed E-state index contributed by atoms with van der Waals surface area (Å²) in [6.45, 7) is 0. The van der Waals surface area contributed by atoms with Crippen LogP contribution in [0.1, 0.15) is 17.2 Å². The molecule has 0 amide bonds. The van der Waals surface area contributed by atoms with E-state index in [0.717, 1.165) is 15.4 Å². The van der Waals surface area contributed by atoms with Crippen molar-refractivity contribution in [3.05, 3.63) is 55.1 Å². The average molecular weight is 361 g/mol. The second-order valence-electron chi connectivity index (χ2n) is 3.62. The van der Waals surface area contributed by atoms with Crippen molar-refractivity contribution < 1.29 is 0 Å². The summed E-state index contributed by atoms with van der Waals surface area (Å²) in [6.07, 6.45) is 0.856. The number of hydrogen-bond donors (Lipinski definition) is 1. The summed E-state index contributed by atoms with van der Waals surface area (Å²) >= 11 is 8.66. The Balaban J connectivity index is 2.14. The lowest BCUT2D eigenvalue weighted by atomic mass is 10.0. The van der Waals surface area contributed by atoms with E-state index in [1.54, 1.807) is 11.3 Å². The molecule has 16 heavy (non-hydrogen) atoms. The van der Waals surface area contributed by atoms with Gasteiger partial charge in [0.05, 0.1) is 0 Å². The molecule has 0 radical (unpaired) electrons. The van der Waals surface area contributed by atoms with E-state index < -0.39 is 0 Å². The highest BCUT2D eigenvalue weighted by atomic mass is 79.9. The molecule has 2 rings (SSSR count). The molecule has 1 atom stereocenters. The first-order chi connectivity index (χ1) is 7.66. The van der Waals surface area contributed by atoms with Gasteiger partial charge in [-0.25, -0.2) is 0 Å². The van der Waals surface area contributed by atoms with E-state index in [-0.39, 0.29) is 6.04 Å². The molecular formula is C12H11Br2NS. The predicted molar refractivity (Wildman–Crippen MR) is 76.8 cm³/mol. The highest BCUT2D eigenvalue weighted by molar-refractivity contribution is 9.10. The van der Waals surface area contributed by atoms with Gasteiger partial charge in [0.1, 0.15) is 0 Å². The third kappa shape index (κ3) is 2.94. The molecule has 0 saturated carbocycles. The fraction of sp³-hybridized carbons (Fsp3) is 0.167. The van der Waals surface area contributed by atoms with Crippen LogP contribution in [0.2, 0.25) is 0 Å². The Hall–Kier alpha value is -0.160. The average Bonchev–Trinajstić information content (AvgIpc) is 2.64. The zero-order chi connectivity index (χ0) is 11.5. The Morgan fingerprint density at radius 1 is 1.25 bits per heavy atom. The maximum absolute atomic E-state index is 6.18. The van der Waals surface area contributed by atoms with Gasteiger partial charge >= 0.3 is 0 Å². The first-order valence-electron chi connectivity index (χ1n) is 4.88. The van der Waals surface area contributed by atoms with Gasteiger partial charge in [-0.15, -0.1) is 0 Å². The Kier molecular flexibility index (Phi) is 4.19. The maximum Gasteiger partial charge on any atom is 0.0355 e. The second-order valence-corrected chi connectivity index (χ2v) is 6.13. The Morgan fingerprint density at radius 2 is 2.06 bits per heavy atom. The van der Waals surface area contributed by atoms with E-state index in [0.29, 0.717) is 0 Å². The number of rotatable bonds is 3. The van der Waals surface area contributed by atoms with Crippen LogP contribution in [0.5, 0.6) is 0 Å². The van der Waals surface area contributed by atoms with Crippen LogP contribution in [0, 0.1) is 0 Å². The van der Waals surface area contributed by atoms with Gasteiger partial charge in [-0.05, 0) is 51.0 Å². The molecule has 0 bridgehead atoms. The number of nitrogens with two attached hydrogens (primary N) is 1. The van der Waals surface area contributed by atoms with Crippen LogP contribution in [-0.4, -0.2) is 0 Å². The van der Waals surface area contributed by atoms with Gasteiger partial charge in [-0.3, -0.25) is 0 Å². The van der Waals surface area contributed by atoms with E-state index >= 15 is 0 Å². The molecule has 2 aromatic rings. The van der Waals surface area contributed by atoms with Crippen LogP contribution < -0.4 is 5.73 Å². The van der Waals surface area contributed by atoms with Crippen LogP contribution >= 0.6 is 43.2 Å². The quantitative estimate of drug-likeness (QED) is 0.855. The van der Waals surface area contributed by atoms with Gasteiger partial charge in [0, 0.05) is 20.4 Å². The summed E-state index contributed by atoms with van der Waals surface area (Å²) in [5, 5.41) is 4.17. The van der Waals surface area contributed by atoms with Gasteiger partial charge in [0.25, 0.3) is 0 Å². The van der Waals surface area contributed by atoms with Crippen molar-refractivity contribution in [1.82, 2.24) is 0 Å². The molecule has 1 aromatic heterocycles. The molecule has 0 aliphatic carbocycles. The molecule has 4 heteroatoms. The van der Waals surface area contributed by atoms with Crippen LogP contribution in [0.15, 0.2) is 44.0 Å². The van der Waals surface area contributed by atoms with Crippen LogP contribution in [0.4, 0.5) is 0 Å². The molecular weight excluding hydrogens is 350 g/mol. The van der Waals surface area contributed by atoms with Crippen LogP contribution in [0.25, 0.3) is 0 Å². The number of benzene rings is 1. The zero-order valence-electron chi connectivity index (χ0n) is 8.49. The molecule has 1 nitrogen and oxygen atoms in total. The topological polar surface area (TPSA) is 26.0 Å². The minimum atomic E-state index is 0.0509. The smallest absolute Gasteiger partial charge is 0.0355 e. The minimum Gasteiger partial charge on any atom is -0.324 e. The maximum atomic E-state index is 6.18. The molecule has 84 valence electrons. The molecule has 0 aliphatic rings. The lowest BCUT2D eigenvalue weighted by Gasteiger charge is -2.11. The minimum absolute atomic E-state index is 0.0509. The van der Waals surface area contributed by atoms with Crippen molar-refractivity contribution in [1.29, 1.82) is 0 Å². The molecule has 1 heterocycles. The van der Waals surface area contributed by atoms with E-state index in [1.165, 1.54) is 11.1 Å². The third-order valence-corrected chi connectivity index (χ3v) is 4.63. The Labute approximate surface area is 116 Å². The fourth-order valence-corrected chi connectivity index (χ4v) is 3.69. The standard InChI is InChI=1S/C12H11Br2NS/c13-9-3-1-2-8(4-9)5-12(15)10-6-16-7-11(10)14/h1-4,6-7,12H,5,15H2. The van der Waals surface area contributed by atoms with E-state index in [2.05, 4.69) is 54.8 Å². The summed E-state index contributed by atoms with van der Waals surface area (Å²) in [7, 11) is 0. The molecule has 0 aliphatic heterocycles. The van der Waals surface area contributed by atoms with Gasteiger partial charge in [0.15, 0.2) is 0 Å². The Bertz CT molecular complexity index is 481. The summed E-state index contributed by atoms with van der Waals surface area (Å²) in [4.78, 5) is 0. The number of halogens is 2. The van der Waals surface area contributed by atoms with Gasteiger partial charge in [-0.1, -0.05) is 28.1 Å². The molecule has 1 aromatic carbocycles. The lowest BCUT2D eigenvalue weighted by Crippen LogP contribution is -2.12. The zero-order valence-corrected chi connectivity index (χ0v) is 12.5. The summed E-state index contributed by atoms with van der Waals surface area (Å²) in [5.74, 6) is 0. The first-order valence-corrected chi connectivity index (χ1v) is 7.41. The second kappa shape index (κ2) is 5.45. The largest absolute Gasteiger partial charge is 0.324 e. The summed E-state index contributed by atoms with van der Waals surface area (Å²) in [6, 6.07) is 8.32. The third-order valence-electron chi connectivity index (χ3n) is 2.39. The predicted octanol–water partition coefficient (Wildman–Crippen LogP) is 4.52. The summed E-state index contributed by atoms with van der Waals surface area (Å²) in [5.41, 5.74) is 8.62. The van der Waals surface area contributed by atoms with E-state index in [4.69, 9.17) is 5.73 Å². The van der Waals surface area contributed by atoms with Crippen molar-refractivity contribution in [3.63, 3.8) is 0 Å². The highest BCUT2D eigenvalue weighted by Crippen LogP contribution is 2.28. The van der Waals surface area contributed by atoms with Crippen molar-refractivity contribution in [2.75, 3.05) is 0 Å². The molecule has 0 saturated heterocycles. The first kappa shape index (κ1) is 12.3. The highest BCUT2D eigenvalue weighted by Gasteiger charge is 2.11. The monoisotopic (exact) mass is 359 g/mol. The number of hydrogen-bond acceptors (Lipinski definition) is 2. The molecule has 0 fully saturated rings. The molecule has 2 N–H and O–H groups in total. The van der Waals surface area contributed by atoms with Crippen LogP contribution in [-0.2, 0) is 6.42 Å². The van der Waals surface area contributed by atoms with E-state index in [1.807, 2.05) is 12.1 Å². The lowest BCUT2D eigenvalue weighted by molar-refractivity contribution is 0.721. The Morgan fingerprint density at radius 3 is 2.69 bits per heavy atom. The summed E-state index contributed by atoms with van der Waals surface area (Å²) < 4.78 is 2.21. The van der Waals surface area contributed by atoms with Gasteiger partial charge < -0.3 is 5.73 Å². The van der Waals surface area contributed by atoms with Gasteiger partial charge in [-0.2, -0.15) is 11.3 Å². The van der Waals surface area contributed by atoms with Crippen molar-refractivity contribution in [2.24, 2.45) is 5.73 Å². The van der Waals surface area contributed by atoms with Gasteiger partial charge in [0.2, 0.25) is 0 Å². The van der Waals surface area contributed by atoms with Crippen molar-refractivity contribution in [3.8, 4) is 0 Å². The molecule has 1 unspecified atom stereocenters. The SMILES string of the molecule is NC(Cc1cccc(Br)c1)c1cscc1Br. The fourth-order valence-electron chi connectivity index (χ4n) is 1.58.